The summed E-state index contributed by atoms with van der Waals surface area (Å²) < 4.78 is 15.0. The minimum Gasteiger partial charge on any atom is -0.507 e. The number of aliphatic hydroxyl groups is 1. The molecular formula is C25H16BrFN2O3S. The third-order valence-electron chi connectivity index (χ3n) is 5.48. The molecule has 4 aromatic rings. The van der Waals surface area contributed by atoms with Crippen molar-refractivity contribution in [2.45, 2.75) is 13.0 Å². The predicted octanol–water partition coefficient (Wildman–Crippen LogP) is 6.13. The lowest BCUT2D eigenvalue weighted by Crippen LogP contribution is -2.29. The number of amides is 1. The molecule has 0 spiro atoms. The highest BCUT2D eigenvalue weighted by Gasteiger charge is 2.48. The van der Waals surface area contributed by atoms with E-state index < -0.39 is 23.5 Å². The molecule has 33 heavy (non-hydrogen) atoms. The Hall–Kier alpha value is -3.36. The van der Waals surface area contributed by atoms with Gasteiger partial charge >= 0.3 is 5.91 Å². The van der Waals surface area contributed by atoms with Gasteiger partial charge in [-0.15, -0.1) is 0 Å². The highest BCUT2D eigenvalue weighted by molar-refractivity contribution is 9.10. The standard InChI is InChI=1S/C25H16BrFN2O3S/c1-13-5-7-14(8-6-13)22(30)20-21(15-3-2-4-16(26)11-15)29(24(32)23(20)31)25-28-18-10-9-17(27)12-19(18)33-25/h2-12,21,30H,1H3. The van der Waals surface area contributed by atoms with E-state index in [4.69, 9.17) is 0 Å². The van der Waals surface area contributed by atoms with Crippen molar-refractivity contribution < 1.29 is 19.1 Å². The van der Waals surface area contributed by atoms with Gasteiger partial charge in [-0.1, -0.05) is 69.2 Å². The fraction of sp³-hybridized carbons (Fsp3) is 0.0800. The van der Waals surface area contributed by atoms with Gasteiger partial charge < -0.3 is 5.11 Å². The predicted molar refractivity (Wildman–Crippen MR) is 130 cm³/mol. The van der Waals surface area contributed by atoms with E-state index in [0.717, 1.165) is 21.4 Å². The Kier molecular flexibility index (Phi) is 5.34. The summed E-state index contributed by atoms with van der Waals surface area (Å²) in [5.41, 5.74) is 2.56. The maximum absolute atomic E-state index is 13.7. The van der Waals surface area contributed by atoms with Gasteiger partial charge in [0.2, 0.25) is 0 Å². The lowest BCUT2D eigenvalue weighted by molar-refractivity contribution is -0.132. The van der Waals surface area contributed by atoms with Crippen molar-refractivity contribution in [1.29, 1.82) is 0 Å². The van der Waals surface area contributed by atoms with Crippen LogP contribution >= 0.6 is 27.3 Å². The van der Waals surface area contributed by atoms with Crippen LogP contribution in [0.2, 0.25) is 0 Å². The summed E-state index contributed by atoms with van der Waals surface area (Å²) in [6.07, 6.45) is 0. The fourth-order valence-corrected chi connectivity index (χ4v) is 5.31. The Morgan fingerprint density at radius 3 is 2.58 bits per heavy atom. The molecule has 1 aliphatic heterocycles. The number of halogens is 2. The first-order chi connectivity index (χ1) is 15.8. The molecule has 3 aromatic carbocycles. The average molecular weight is 523 g/mol. The molecule has 0 aliphatic carbocycles. The van der Waals surface area contributed by atoms with Crippen LogP contribution in [0.3, 0.4) is 0 Å². The summed E-state index contributed by atoms with van der Waals surface area (Å²) in [6.45, 7) is 1.92. The summed E-state index contributed by atoms with van der Waals surface area (Å²) in [4.78, 5) is 32.2. The molecule has 164 valence electrons. The Bertz CT molecular complexity index is 1460. The third-order valence-corrected chi connectivity index (χ3v) is 6.99. The second-order valence-electron chi connectivity index (χ2n) is 7.70. The zero-order chi connectivity index (χ0) is 23.3. The van der Waals surface area contributed by atoms with Gasteiger partial charge in [0.15, 0.2) is 5.13 Å². The number of aliphatic hydroxyl groups excluding tert-OH is 1. The second-order valence-corrected chi connectivity index (χ2v) is 9.62. The van der Waals surface area contributed by atoms with E-state index in [-0.39, 0.29) is 16.5 Å². The quantitative estimate of drug-likeness (QED) is 0.199. The minimum atomic E-state index is -0.894. The SMILES string of the molecule is Cc1ccc(C(O)=C2C(=O)C(=O)N(c3nc4ccc(F)cc4s3)C2c2cccc(Br)c2)cc1. The monoisotopic (exact) mass is 522 g/mol. The second kappa shape index (κ2) is 8.20. The Morgan fingerprint density at radius 2 is 1.85 bits per heavy atom. The summed E-state index contributed by atoms with van der Waals surface area (Å²) in [6, 6.07) is 17.5. The van der Waals surface area contributed by atoms with Crippen LogP contribution in [0.25, 0.3) is 16.0 Å². The first-order valence-corrected chi connectivity index (χ1v) is 11.6. The number of aryl methyl sites for hydroxylation is 1. The molecule has 1 aliphatic rings. The number of rotatable bonds is 3. The number of fused-ring (bicyclic) bond motifs is 1. The number of carbonyl (C=O) groups excluding carboxylic acids is 2. The van der Waals surface area contributed by atoms with Gasteiger partial charge in [0.25, 0.3) is 5.78 Å². The molecule has 1 aromatic heterocycles. The van der Waals surface area contributed by atoms with Crippen LogP contribution in [0.5, 0.6) is 0 Å². The molecule has 5 rings (SSSR count). The lowest BCUT2D eigenvalue weighted by atomic mass is 9.95. The topological polar surface area (TPSA) is 70.5 Å². The van der Waals surface area contributed by atoms with Crippen molar-refractivity contribution in [3.63, 3.8) is 0 Å². The maximum Gasteiger partial charge on any atom is 0.301 e. The van der Waals surface area contributed by atoms with E-state index in [9.17, 15) is 19.1 Å². The molecule has 1 atom stereocenters. The van der Waals surface area contributed by atoms with Crippen LogP contribution in [0.15, 0.2) is 76.8 Å². The van der Waals surface area contributed by atoms with Gasteiger partial charge in [0.05, 0.1) is 21.8 Å². The van der Waals surface area contributed by atoms with Crippen LogP contribution in [0.1, 0.15) is 22.7 Å². The first kappa shape index (κ1) is 21.5. The highest BCUT2D eigenvalue weighted by atomic mass is 79.9. The van der Waals surface area contributed by atoms with Crippen molar-refractivity contribution >= 4 is 60.1 Å². The number of Topliss-reactive ketones (excluding diaryl/α,β-unsaturated/α-hetero) is 1. The van der Waals surface area contributed by atoms with Gasteiger partial charge in [0.1, 0.15) is 11.6 Å². The van der Waals surface area contributed by atoms with Crippen LogP contribution in [-0.2, 0) is 9.59 Å². The maximum atomic E-state index is 13.7. The Labute approximate surface area is 200 Å². The largest absolute Gasteiger partial charge is 0.507 e. The van der Waals surface area contributed by atoms with E-state index in [1.165, 1.54) is 23.1 Å². The minimum absolute atomic E-state index is 0.0209. The van der Waals surface area contributed by atoms with Crippen molar-refractivity contribution in [1.82, 2.24) is 4.98 Å². The number of anilines is 1. The molecular weight excluding hydrogens is 507 g/mol. The zero-order valence-electron chi connectivity index (χ0n) is 17.3. The van der Waals surface area contributed by atoms with Gasteiger partial charge in [-0.2, -0.15) is 0 Å². The molecule has 2 heterocycles. The van der Waals surface area contributed by atoms with Gasteiger partial charge in [-0.25, -0.2) is 9.37 Å². The fourth-order valence-electron chi connectivity index (χ4n) is 3.88. The van der Waals surface area contributed by atoms with E-state index in [2.05, 4.69) is 20.9 Å². The van der Waals surface area contributed by atoms with Crippen molar-refractivity contribution in [2.24, 2.45) is 0 Å². The summed E-state index contributed by atoms with van der Waals surface area (Å²) in [5, 5.41) is 11.4. The number of nitrogens with zero attached hydrogens (tertiary/aromatic N) is 2. The normalized spacial score (nSPS) is 17.8. The molecule has 0 saturated carbocycles. The lowest BCUT2D eigenvalue weighted by Gasteiger charge is -2.23. The molecule has 0 bridgehead atoms. The number of aromatic nitrogens is 1. The van der Waals surface area contributed by atoms with Crippen LogP contribution in [-0.4, -0.2) is 21.8 Å². The first-order valence-electron chi connectivity index (χ1n) is 10.0. The van der Waals surface area contributed by atoms with E-state index in [0.29, 0.717) is 21.3 Å². The van der Waals surface area contributed by atoms with Crippen LogP contribution in [0, 0.1) is 12.7 Å². The van der Waals surface area contributed by atoms with E-state index >= 15 is 0 Å². The third kappa shape index (κ3) is 3.75. The molecule has 8 heteroatoms. The number of thiazole rings is 1. The van der Waals surface area contributed by atoms with Gasteiger partial charge in [-0.05, 0) is 42.8 Å². The average Bonchev–Trinajstić information content (AvgIpc) is 3.32. The molecule has 1 fully saturated rings. The number of benzene rings is 3. The van der Waals surface area contributed by atoms with Gasteiger partial charge in [-0.3, -0.25) is 14.5 Å². The molecule has 0 radical (unpaired) electrons. The summed E-state index contributed by atoms with van der Waals surface area (Å²) in [5.74, 6) is -2.27. The Balaban J connectivity index is 1.74. The smallest absolute Gasteiger partial charge is 0.301 e. The number of hydrogen-bond donors (Lipinski definition) is 1. The number of hydrogen-bond acceptors (Lipinski definition) is 5. The van der Waals surface area contributed by atoms with E-state index in [1.54, 1.807) is 30.3 Å². The highest BCUT2D eigenvalue weighted by Crippen LogP contribution is 2.44. The van der Waals surface area contributed by atoms with E-state index in [1.807, 2.05) is 25.1 Å². The molecule has 1 saturated heterocycles. The van der Waals surface area contributed by atoms with Crippen LogP contribution < -0.4 is 4.90 Å². The zero-order valence-corrected chi connectivity index (χ0v) is 19.7. The van der Waals surface area contributed by atoms with Crippen molar-refractivity contribution in [3.8, 4) is 0 Å². The van der Waals surface area contributed by atoms with Crippen molar-refractivity contribution in [3.05, 3.63) is 99.3 Å². The van der Waals surface area contributed by atoms with Gasteiger partial charge in [0, 0.05) is 10.0 Å². The molecule has 1 N–H and O–H groups in total. The summed E-state index contributed by atoms with van der Waals surface area (Å²) >= 11 is 4.55. The van der Waals surface area contributed by atoms with Crippen LogP contribution in [0.4, 0.5) is 9.52 Å². The number of ketones is 1. The molecule has 5 nitrogen and oxygen atoms in total. The molecule has 1 unspecified atom stereocenters. The summed E-state index contributed by atoms with van der Waals surface area (Å²) in [7, 11) is 0. The number of carbonyl (C=O) groups is 2. The Morgan fingerprint density at radius 1 is 1.09 bits per heavy atom. The van der Waals surface area contributed by atoms with Crippen molar-refractivity contribution in [2.75, 3.05) is 4.90 Å². The molecule has 1 amide bonds.